The third-order valence-electron chi connectivity index (χ3n) is 5.55. The summed E-state index contributed by atoms with van der Waals surface area (Å²) in [6.45, 7) is 4.37. The first-order valence-electron chi connectivity index (χ1n) is 10.7. The van der Waals surface area contributed by atoms with Crippen LogP contribution in [0.2, 0.25) is 0 Å². The molecule has 8 heteroatoms. The number of amides is 1. The highest BCUT2D eigenvalue weighted by molar-refractivity contribution is 5.75. The van der Waals surface area contributed by atoms with E-state index in [1.54, 1.807) is 18.5 Å². The molecular formula is C25H24F2N4O2. The van der Waals surface area contributed by atoms with Crippen LogP contribution >= 0.6 is 0 Å². The molecule has 4 aromatic rings. The van der Waals surface area contributed by atoms with E-state index in [-0.39, 0.29) is 36.5 Å². The Balaban J connectivity index is 1.43. The van der Waals surface area contributed by atoms with Crippen LogP contribution in [0, 0.1) is 11.6 Å². The minimum atomic E-state index is -0.715. The third kappa shape index (κ3) is 5.00. The fraction of sp³-hybridized carbons (Fsp3) is 0.240. The molecular weight excluding hydrogens is 426 g/mol. The largest absolute Gasteiger partial charge is 0.352 e. The number of fused-ring (bicyclic) bond motifs is 1. The van der Waals surface area contributed by atoms with Crippen LogP contribution in [0.1, 0.15) is 37.3 Å². The van der Waals surface area contributed by atoms with Gasteiger partial charge in [-0.3, -0.25) is 9.59 Å². The molecule has 0 saturated heterocycles. The Hall–Kier alpha value is -3.81. The Kier molecular flexibility index (Phi) is 6.35. The highest BCUT2D eigenvalue weighted by Crippen LogP contribution is 2.22. The second-order valence-corrected chi connectivity index (χ2v) is 8.20. The van der Waals surface area contributed by atoms with Gasteiger partial charge in [0.05, 0.1) is 5.69 Å². The van der Waals surface area contributed by atoms with Gasteiger partial charge in [0.15, 0.2) is 0 Å². The van der Waals surface area contributed by atoms with Gasteiger partial charge in [-0.15, -0.1) is 0 Å². The van der Waals surface area contributed by atoms with Crippen LogP contribution in [0.5, 0.6) is 0 Å². The number of aryl methyl sites for hydroxylation is 1. The van der Waals surface area contributed by atoms with Gasteiger partial charge in [0.2, 0.25) is 5.91 Å². The average molecular weight is 450 g/mol. The molecule has 0 spiro atoms. The van der Waals surface area contributed by atoms with Gasteiger partial charge < -0.3 is 9.88 Å². The summed E-state index contributed by atoms with van der Waals surface area (Å²) in [5.74, 6) is -1.30. The van der Waals surface area contributed by atoms with Crippen molar-refractivity contribution in [2.75, 3.05) is 0 Å². The van der Waals surface area contributed by atoms with Crippen molar-refractivity contribution in [2.45, 2.75) is 39.3 Å². The second kappa shape index (κ2) is 9.36. The number of carbonyl (C=O) groups is 1. The van der Waals surface area contributed by atoms with Gasteiger partial charge in [0, 0.05) is 49.1 Å². The van der Waals surface area contributed by atoms with E-state index in [9.17, 15) is 18.4 Å². The molecule has 6 nitrogen and oxygen atoms in total. The lowest BCUT2D eigenvalue weighted by Crippen LogP contribution is -2.27. The summed E-state index contributed by atoms with van der Waals surface area (Å²) in [5, 5.41) is 7.08. The number of carbonyl (C=O) groups excluding carboxylic acids is 1. The standard InChI is InChI=1S/C25H24F2N4O2/c1-16(2)17-3-5-18(6-4-17)22-14-23-25(33)30(11-12-31(23)29-22)10-9-24(32)28-15-19-7-8-20(26)13-21(19)27/h3-8,11-14,16H,9-10,15H2,1-2H3,(H,28,32). The molecule has 1 N–H and O–H groups in total. The summed E-state index contributed by atoms with van der Waals surface area (Å²) >= 11 is 0. The van der Waals surface area contributed by atoms with E-state index in [4.69, 9.17) is 0 Å². The summed E-state index contributed by atoms with van der Waals surface area (Å²) < 4.78 is 29.6. The molecule has 0 bridgehead atoms. The van der Waals surface area contributed by atoms with E-state index < -0.39 is 11.6 Å². The highest BCUT2D eigenvalue weighted by atomic mass is 19.1. The first-order valence-corrected chi connectivity index (χ1v) is 10.7. The second-order valence-electron chi connectivity index (χ2n) is 8.20. The number of halogens is 2. The van der Waals surface area contributed by atoms with E-state index in [0.717, 1.165) is 17.7 Å². The van der Waals surface area contributed by atoms with Crippen LogP contribution in [0.3, 0.4) is 0 Å². The molecule has 0 aliphatic heterocycles. The quantitative estimate of drug-likeness (QED) is 0.457. The SMILES string of the molecule is CC(C)c1ccc(-c2cc3c(=O)n(CCC(=O)NCc4ccc(F)cc4F)ccn3n2)cc1. The predicted octanol–water partition coefficient (Wildman–Crippen LogP) is 4.27. The molecule has 4 rings (SSSR count). The minimum absolute atomic E-state index is 0.0382. The van der Waals surface area contributed by atoms with Crippen molar-refractivity contribution >= 4 is 11.4 Å². The lowest BCUT2D eigenvalue weighted by molar-refractivity contribution is -0.121. The van der Waals surface area contributed by atoms with Gasteiger partial charge in [-0.05, 0) is 23.6 Å². The van der Waals surface area contributed by atoms with E-state index in [0.29, 0.717) is 17.1 Å². The molecule has 0 aliphatic rings. The molecule has 2 heterocycles. The maximum atomic E-state index is 13.7. The van der Waals surface area contributed by atoms with E-state index >= 15 is 0 Å². The van der Waals surface area contributed by atoms with Crippen molar-refractivity contribution < 1.29 is 13.6 Å². The molecule has 170 valence electrons. The van der Waals surface area contributed by atoms with Crippen molar-refractivity contribution in [3.8, 4) is 11.3 Å². The monoisotopic (exact) mass is 450 g/mol. The first kappa shape index (κ1) is 22.4. The van der Waals surface area contributed by atoms with E-state index in [1.807, 2.05) is 12.1 Å². The highest BCUT2D eigenvalue weighted by Gasteiger charge is 2.11. The summed E-state index contributed by atoms with van der Waals surface area (Å²) in [6, 6.07) is 13.0. The minimum Gasteiger partial charge on any atom is -0.352 e. The summed E-state index contributed by atoms with van der Waals surface area (Å²) in [4.78, 5) is 25.0. The van der Waals surface area contributed by atoms with Crippen LogP contribution in [-0.2, 0) is 17.9 Å². The normalized spacial score (nSPS) is 11.3. The van der Waals surface area contributed by atoms with Gasteiger partial charge in [-0.1, -0.05) is 44.2 Å². The Bertz CT molecular complexity index is 1360. The van der Waals surface area contributed by atoms with Crippen molar-refractivity contribution in [1.82, 2.24) is 19.5 Å². The van der Waals surface area contributed by atoms with Gasteiger partial charge in [-0.25, -0.2) is 13.3 Å². The number of benzene rings is 2. The van der Waals surface area contributed by atoms with Crippen LogP contribution < -0.4 is 10.9 Å². The van der Waals surface area contributed by atoms with Crippen LogP contribution in [-0.4, -0.2) is 20.1 Å². The maximum absolute atomic E-state index is 13.7. The van der Waals surface area contributed by atoms with E-state index in [2.05, 4.69) is 36.4 Å². The Labute approximate surface area is 189 Å². The number of rotatable bonds is 7. The van der Waals surface area contributed by atoms with Crippen LogP contribution in [0.4, 0.5) is 8.78 Å². The molecule has 0 saturated carbocycles. The molecule has 0 atom stereocenters. The topological polar surface area (TPSA) is 68.4 Å². The van der Waals surface area contributed by atoms with Crippen molar-refractivity contribution in [3.63, 3.8) is 0 Å². The fourth-order valence-electron chi connectivity index (χ4n) is 3.55. The molecule has 33 heavy (non-hydrogen) atoms. The molecule has 0 aliphatic carbocycles. The smallest absolute Gasteiger partial charge is 0.276 e. The van der Waals surface area contributed by atoms with Crippen molar-refractivity contribution in [2.24, 2.45) is 0 Å². The molecule has 1 amide bonds. The fourth-order valence-corrected chi connectivity index (χ4v) is 3.55. The Morgan fingerprint density at radius 1 is 1.06 bits per heavy atom. The zero-order chi connectivity index (χ0) is 23.5. The summed E-state index contributed by atoms with van der Waals surface area (Å²) in [5.41, 5.74) is 3.18. The molecule has 0 radical (unpaired) electrons. The number of nitrogens with one attached hydrogen (secondary N) is 1. The van der Waals surface area contributed by atoms with Gasteiger partial charge in [0.1, 0.15) is 17.2 Å². The summed E-state index contributed by atoms with van der Waals surface area (Å²) in [7, 11) is 0. The maximum Gasteiger partial charge on any atom is 0.276 e. The number of hydrogen-bond acceptors (Lipinski definition) is 3. The lowest BCUT2D eigenvalue weighted by atomic mass is 10.0. The molecule has 0 fully saturated rings. The van der Waals surface area contributed by atoms with Crippen molar-refractivity contribution in [3.05, 3.63) is 94.0 Å². The molecule has 2 aromatic carbocycles. The van der Waals surface area contributed by atoms with Gasteiger partial charge >= 0.3 is 0 Å². The predicted molar refractivity (Wildman–Crippen MR) is 122 cm³/mol. The van der Waals surface area contributed by atoms with Crippen LogP contribution in [0.15, 0.2) is 65.7 Å². The third-order valence-corrected chi connectivity index (χ3v) is 5.55. The zero-order valence-electron chi connectivity index (χ0n) is 18.4. The zero-order valence-corrected chi connectivity index (χ0v) is 18.4. The Morgan fingerprint density at radius 2 is 1.82 bits per heavy atom. The molecule has 0 unspecified atom stereocenters. The molecule has 2 aromatic heterocycles. The van der Waals surface area contributed by atoms with Gasteiger partial charge in [0.25, 0.3) is 5.56 Å². The van der Waals surface area contributed by atoms with E-state index in [1.165, 1.54) is 20.7 Å². The summed E-state index contributed by atoms with van der Waals surface area (Å²) in [6.07, 6.45) is 3.30. The number of hydrogen-bond donors (Lipinski definition) is 1. The number of aromatic nitrogens is 3. The number of nitrogens with zero attached hydrogens (tertiary/aromatic N) is 3. The average Bonchev–Trinajstić information content (AvgIpc) is 3.23. The first-order chi connectivity index (χ1) is 15.8. The van der Waals surface area contributed by atoms with Crippen LogP contribution in [0.25, 0.3) is 16.8 Å². The van der Waals surface area contributed by atoms with Crippen molar-refractivity contribution in [1.29, 1.82) is 0 Å². The lowest BCUT2D eigenvalue weighted by Gasteiger charge is -2.08. The Morgan fingerprint density at radius 3 is 2.52 bits per heavy atom. The van der Waals surface area contributed by atoms with Gasteiger partial charge in [-0.2, -0.15) is 5.10 Å².